The Kier molecular flexibility index (Phi) is 7.65. The van der Waals surface area contributed by atoms with Crippen LogP contribution in [0.3, 0.4) is 0 Å². The summed E-state index contributed by atoms with van der Waals surface area (Å²) in [6, 6.07) is 9.52. The molecule has 0 bridgehead atoms. The molecule has 0 aliphatic carbocycles. The van der Waals surface area contributed by atoms with E-state index in [1.54, 1.807) is 45.0 Å². The minimum atomic E-state index is -0.571. The summed E-state index contributed by atoms with van der Waals surface area (Å²) in [7, 11) is 0. The number of hydrogen-bond donors (Lipinski definition) is 3. The Labute approximate surface area is 195 Å². The van der Waals surface area contributed by atoms with E-state index in [4.69, 9.17) is 16.3 Å². The summed E-state index contributed by atoms with van der Waals surface area (Å²) in [6.07, 6.45) is 1.57. The molecule has 10 heteroatoms. The van der Waals surface area contributed by atoms with Crippen LogP contribution in [0.15, 0.2) is 42.7 Å². The van der Waals surface area contributed by atoms with Crippen molar-refractivity contribution in [1.82, 2.24) is 15.3 Å². The molecular formula is C23H25ClFN5O3. The Morgan fingerprint density at radius 2 is 1.85 bits per heavy atom. The van der Waals surface area contributed by atoms with Gasteiger partial charge in [-0.2, -0.15) is 0 Å². The minimum absolute atomic E-state index is 0.00697. The molecule has 0 radical (unpaired) electrons. The lowest BCUT2D eigenvalue weighted by atomic mass is 10.2. The van der Waals surface area contributed by atoms with Gasteiger partial charge in [-0.1, -0.05) is 11.6 Å². The summed E-state index contributed by atoms with van der Waals surface area (Å²) in [5.41, 5.74) is 1.23. The highest BCUT2D eigenvalue weighted by Crippen LogP contribution is 2.27. The number of fused-ring (bicyclic) bond motifs is 1. The number of ether oxygens (including phenoxy) is 1. The largest absolute Gasteiger partial charge is 0.444 e. The van der Waals surface area contributed by atoms with Crippen LogP contribution in [0.25, 0.3) is 10.9 Å². The van der Waals surface area contributed by atoms with Crippen molar-refractivity contribution in [3.05, 3.63) is 53.6 Å². The van der Waals surface area contributed by atoms with Crippen molar-refractivity contribution in [3.8, 4) is 0 Å². The maximum Gasteiger partial charge on any atom is 0.407 e. The number of benzene rings is 2. The van der Waals surface area contributed by atoms with Gasteiger partial charge in [-0.15, -0.1) is 0 Å². The van der Waals surface area contributed by atoms with Crippen molar-refractivity contribution in [2.75, 3.05) is 17.2 Å². The fourth-order valence-electron chi connectivity index (χ4n) is 2.92. The summed E-state index contributed by atoms with van der Waals surface area (Å²) in [5.74, 6) is -0.224. The number of carbonyl (C=O) groups excluding carboxylic acids is 2. The predicted molar refractivity (Wildman–Crippen MR) is 126 cm³/mol. The lowest BCUT2D eigenvalue weighted by Crippen LogP contribution is -2.33. The third kappa shape index (κ3) is 7.28. The van der Waals surface area contributed by atoms with Crippen LogP contribution in [0.2, 0.25) is 5.02 Å². The van der Waals surface area contributed by atoms with Gasteiger partial charge in [0.2, 0.25) is 5.91 Å². The van der Waals surface area contributed by atoms with E-state index in [-0.39, 0.29) is 17.4 Å². The molecule has 0 saturated heterocycles. The molecule has 0 aliphatic heterocycles. The van der Waals surface area contributed by atoms with Gasteiger partial charge in [-0.05, 0) is 63.6 Å². The molecule has 3 N–H and O–H groups in total. The number of nitrogens with one attached hydrogen (secondary N) is 3. The summed E-state index contributed by atoms with van der Waals surface area (Å²) < 4.78 is 18.6. The Morgan fingerprint density at radius 3 is 2.58 bits per heavy atom. The van der Waals surface area contributed by atoms with E-state index in [9.17, 15) is 14.0 Å². The molecule has 8 nitrogen and oxygen atoms in total. The first-order valence-corrected chi connectivity index (χ1v) is 10.7. The Balaban J connectivity index is 1.61. The topological polar surface area (TPSA) is 105 Å². The van der Waals surface area contributed by atoms with E-state index in [0.717, 1.165) is 0 Å². The highest BCUT2D eigenvalue weighted by Gasteiger charge is 2.15. The number of aromatic nitrogens is 2. The normalized spacial score (nSPS) is 11.2. The van der Waals surface area contributed by atoms with Gasteiger partial charge in [-0.3, -0.25) is 4.79 Å². The summed E-state index contributed by atoms with van der Waals surface area (Å²) in [4.78, 5) is 32.4. The quantitative estimate of drug-likeness (QED) is 0.396. The SMILES string of the molecule is CC(C)(C)OC(=O)NCCCC(=O)Nc1ccc2ncnc(Nc3ccc(F)c(Cl)c3)c2c1. The van der Waals surface area contributed by atoms with E-state index < -0.39 is 17.5 Å². The van der Waals surface area contributed by atoms with Crippen molar-refractivity contribution in [2.24, 2.45) is 0 Å². The highest BCUT2D eigenvalue weighted by atomic mass is 35.5. The van der Waals surface area contributed by atoms with Crippen LogP contribution in [0.5, 0.6) is 0 Å². The number of carbonyl (C=O) groups is 2. The molecule has 0 saturated carbocycles. The van der Waals surface area contributed by atoms with Gasteiger partial charge in [0.15, 0.2) is 0 Å². The Hall–Kier alpha value is -3.46. The highest BCUT2D eigenvalue weighted by molar-refractivity contribution is 6.31. The summed E-state index contributed by atoms with van der Waals surface area (Å²) in [5, 5.41) is 9.21. The molecule has 3 aromatic rings. The van der Waals surface area contributed by atoms with Gasteiger partial charge < -0.3 is 20.7 Å². The molecular weight excluding hydrogens is 449 g/mol. The van der Waals surface area contributed by atoms with E-state index in [0.29, 0.717) is 41.1 Å². The van der Waals surface area contributed by atoms with Crippen LogP contribution in [0, 0.1) is 5.82 Å². The second-order valence-corrected chi connectivity index (χ2v) is 8.70. The van der Waals surface area contributed by atoms with Crippen LogP contribution >= 0.6 is 11.6 Å². The molecule has 3 rings (SSSR count). The standard InChI is InChI=1S/C23H25ClFN5O3/c1-23(2,3)33-22(32)26-10-4-5-20(31)29-14-7-9-19-16(11-14)21(28-13-27-19)30-15-6-8-18(25)17(24)12-15/h6-9,11-13H,4-5,10H2,1-3H3,(H,26,32)(H,29,31)(H,27,28,30). The van der Waals surface area contributed by atoms with Crippen molar-refractivity contribution in [3.63, 3.8) is 0 Å². The van der Waals surface area contributed by atoms with Gasteiger partial charge in [0, 0.05) is 29.7 Å². The monoisotopic (exact) mass is 473 g/mol. The van der Waals surface area contributed by atoms with Gasteiger partial charge in [0.05, 0.1) is 10.5 Å². The molecule has 0 spiro atoms. The molecule has 174 valence electrons. The average molecular weight is 474 g/mol. The van der Waals surface area contributed by atoms with Crippen LogP contribution in [-0.4, -0.2) is 34.1 Å². The molecule has 0 aliphatic rings. The molecule has 0 atom stereocenters. The van der Waals surface area contributed by atoms with Crippen molar-refractivity contribution >= 4 is 51.7 Å². The van der Waals surface area contributed by atoms with Crippen LogP contribution in [-0.2, 0) is 9.53 Å². The van der Waals surface area contributed by atoms with E-state index in [2.05, 4.69) is 25.9 Å². The van der Waals surface area contributed by atoms with E-state index in [1.807, 2.05) is 0 Å². The fraction of sp³-hybridized carbons (Fsp3) is 0.304. The number of halogens is 2. The lowest BCUT2D eigenvalue weighted by molar-refractivity contribution is -0.116. The van der Waals surface area contributed by atoms with Gasteiger partial charge in [0.25, 0.3) is 0 Å². The second-order valence-electron chi connectivity index (χ2n) is 8.29. The third-order valence-electron chi connectivity index (χ3n) is 4.35. The van der Waals surface area contributed by atoms with Crippen molar-refractivity contribution < 1.29 is 18.7 Å². The third-order valence-corrected chi connectivity index (χ3v) is 4.64. The molecule has 0 fully saturated rings. The number of hydrogen-bond acceptors (Lipinski definition) is 6. The van der Waals surface area contributed by atoms with Gasteiger partial charge in [0.1, 0.15) is 23.6 Å². The van der Waals surface area contributed by atoms with Gasteiger partial charge >= 0.3 is 6.09 Å². The first-order chi connectivity index (χ1) is 15.6. The predicted octanol–water partition coefficient (Wildman–Crippen LogP) is 5.41. The van der Waals surface area contributed by atoms with Crippen LogP contribution in [0.4, 0.5) is 26.4 Å². The Bertz CT molecular complexity index is 1170. The maximum absolute atomic E-state index is 13.4. The smallest absolute Gasteiger partial charge is 0.407 e. The number of nitrogens with zero attached hydrogens (tertiary/aromatic N) is 2. The summed E-state index contributed by atoms with van der Waals surface area (Å²) in [6.45, 7) is 5.67. The lowest BCUT2D eigenvalue weighted by Gasteiger charge is -2.19. The summed E-state index contributed by atoms with van der Waals surface area (Å²) >= 11 is 5.85. The van der Waals surface area contributed by atoms with E-state index >= 15 is 0 Å². The minimum Gasteiger partial charge on any atom is -0.444 e. The molecule has 2 aromatic carbocycles. The van der Waals surface area contributed by atoms with Crippen molar-refractivity contribution in [1.29, 1.82) is 0 Å². The fourth-order valence-corrected chi connectivity index (χ4v) is 3.10. The zero-order valence-corrected chi connectivity index (χ0v) is 19.3. The molecule has 2 amide bonds. The average Bonchev–Trinajstić information content (AvgIpc) is 2.73. The maximum atomic E-state index is 13.4. The molecule has 0 unspecified atom stereocenters. The zero-order valence-electron chi connectivity index (χ0n) is 18.5. The number of anilines is 3. The molecule has 1 aromatic heterocycles. The Morgan fingerprint density at radius 1 is 1.09 bits per heavy atom. The van der Waals surface area contributed by atoms with Crippen LogP contribution in [0.1, 0.15) is 33.6 Å². The first kappa shape index (κ1) is 24.2. The molecule has 33 heavy (non-hydrogen) atoms. The number of rotatable bonds is 7. The van der Waals surface area contributed by atoms with Gasteiger partial charge in [-0.25, -0.2) is 19.2 Å². The van der Waals surface area contributed by atoms with Crippen molar-refractivity contribution in [2.45, 2.75) is 39.2 Å². The number of amides is 2. The second kappa shape index (κ2) is 10.4. The number of alkyl carbamates (subject to hydrolysis) is 1. The van der Waals surface area contributed by atoms with E-state index in [1.165, 1.54) is 18.5 Å². The van der Waals surface area contributed by atoms with Crippen LogP contribution < -0.4 is 16.0 Å². The zero-order chi connectivity index (χ0) is 24.0. The first-order valence-electron chi connectivity index (χ1n) is 10.3. The molecule has 1 heterocycles.